The first-order valence-corrected chi connectivity index (χ1v) is 4.05. The summed E-state index contributed by atoms with van der Waals surface area (Å²) in [5.74, 6) is 0.0923. The number of carbonyl (C=O) groups is 1. The third kappa shape index (κ3) is 1.71. The van der Waals surface area contributed by atoms with Crippen LogP contribution in [0.25, 0.3) is 0 Å². The molecule has 3 heteroatoms. The molecule has 1 aliphatic rings. The fourth-order valence-electron chi connectivity index (χ4n) is 1.32. The Balaban J connectivity index is 2.54. The Morgan fingerprint density at radius 2 is 2.36 bits per heavy atom. The number of likely N-dealkylation sites (N-methyl/N-ethyl adjacent to an activating group) is 1. The summed E-state index contributed by atoms with van der Waals surface area (Å²) < 4.78 is 5.43. The van der Waals surface area contributed by atoms with Gasteiger partial charge in [-0.1, -0.05) is 6.92 Å². The van der Waals surface area contributed by atoms with Crippen LogP contribution in [0, 0.1) is 0 Å². The van der Waals surface area contributed by atoms with Crippen LogP contribution in [-0.4, -0.2) is 36.6 Å². The molecule has 1 heterocycles. The molecule has 1 rings (SSSR count). The Labute approximate surface area is 67.3 Å². The van der Waals surface area contributed by atoms with Gasteiger partial charge in [-0.25, -0.2) is 0 Å². The van der Waals surface area contributed by atoms with Crippen molar-refractivity contribution in [1.82, 2.24) is 4.90 Å². The quantitative estimate of drug-likeness (QED) is 0.559. The lowest BCUT2D eigenvalue weighted by Gasteiger charge is -2.33. The lowest BCUT2D eigenvalue weighted by Crippen LogP contribution is -2.48. The maximum absolute atomic E-state index is 11.2. The van der Waals surface area contributed by atoms with E-state index in [1.165, 1.54) is 0 Å². The summed E-state index contributed by atoms with van der Waals surface area (Å²) in [5.41, 5.74) is 0. The average molecular weight is 157 g/mol. The van der Waals surface area contributed by atoms with Crippen molar-refractivity contribution in [2.45, 2.75) is 32.5 Å². The van der Waals surface area contributed by atoms with Gasteiger partial charge in [0.2, 0.25) is 0 Å². The molecule has 11 heavy (non-hydrogen) atoms. The van der Waals surface area contributed by atoms with Gasteiger partial charge in [0.25, 0.3) is 5.91 Å². The molecule has 0 saturated carbocycles. The van der Waals surface area contributed by atoms with Crippen LogP contribution in [0.3, 0.4) is 0 Å². The average Bonchev–Trinajstić information content (AvgIpc) is 1.99. The maximum atomic E-state index is 11.2. The predicted molar refractivity (Wildman–Crippen MR) is 42.3 cm³/mol. The normalized spacial score (nSPS) is 32.6. The van der Waals surface area contributed by atoms with Crippen LogP contribution in [0.1, 0.15) is 20.3 Å². The van der Waals surface area contributed by atoms with E-state index in [-0.39, 0.29) is 18.1 Å². The van der Waals surface area contributed by atoms with Crippen molar-refractivity contribution in [1.29, 1.82) is 0 Å². The molecule has 0 aromatic heterocycles. The molecule has 0 radical (unpaired) electrons. The predicted octanol–water partition coefficient (Wildman–Crippen LogP) is 0.642. The minimum absolute atomic E-state index is 0.0923. The largest absolute Gasteiger partial charge is 0.364 e. The van der Waals surface area contributed by atoms with Gasteiger partial charge in [-0.2, -0.15) is 0 Å². The van der Waals surface area contributed by atoms with E-state index in [9.17, 15) is 4.79 Å². The number of nitrogens with zero attached hydrogens (tertiary/aromatic N) is 1. The van der Waals surface area contributed by atoms with E-state index in [0.717, 1.165) is 13.0 Å². The number of hydrogen-bond donors (Lipinski definition) is 0. The second-order valence-corrected chi connectivity index (χ2v) is 3.03. The first-order valence-electron chi connectivity index (χ1n) is 4.05. The first-order chi connectivity index (χ1) is 5.15. The zero-order valence-electron chi connectivity index (χ0n) is 7.33. The van der Waals surface area contributed by atoms with Crippen molar-refractivity contribution in [3.8, 4) is 0 Å². The standard InChI is InChI=1S/C8H15NO2/c1-4-7-5-9(3)8(10)6(2)11-7/h6-7H,4-5H2,1-3H3/t6-,7-/m1/s1. The molecular weight excluding hydrogens is 142 g/mol. The molecule has 0 spiro atoms. The molecule has 64 valence electrons. The fraction of sp³-hybridized carbons (Fsp3) is 0.875. The van der Waals surface area contributed by atoms with Gasteiger partial charge in [0.1, 0.15) is 6.10 Å². The van der Waals surface area contributed by atoms with Gasteiger partial charge in [0.15, 0.2) is 0 Å². The van der Waals surface area contributed by atoms with Crippen LogP contribution in [0.15, 0.2) is 0 Å². The summed E-state index contributed by atoms with van der Waals surface area (Å²) in [6, 6.07) is 0. The molecule has 3 nitrogen and oxygen atoms in total. The minimum Gasteiger partial charge on any atom is -0.364 e. The summed E-state index contributed by atoms with van der Waals surface area (Å²) in [4.78, 5) is 12.9. The first kappa shape index (κ1) is 8.53. The van der Waals surface area contributed by atoms with E-state index in [0.29, 0.717) is 0 Å². The molecule has 0 aliphatic carbocycles. The van der Waals surface area contributed by atoms with Crippen molar-refractivity contribution in [3.63, 3.8) is 0 Å². The number of amides is 1. The highest BCUT2D eigenvalue weighted by molar-refractivity contribution is 5.80. The SMILES string of the molecule is CC[C@@H]1CN(C)C(=O)[C@@H](C)O1. The van der Waals surface area contributed by atoms with Gasteiger partial charge in [0.05, 0.1) is 6.10 Å². The zero-order valence-corrected chi connectivity index (χ0v) is 7.33. The number of morpholine rings is 1. The molecule has 2 atom stereocenters. The molecule has 0 unspecified atom stereocenters. The molecule has 0 aromatic carbocycles. The molecule has 1 aliphatic heterocycles. The van der Waals surface area contributed by atoms with Crippen LogP contribution in [0.5, 0.6) is 0 Å². The third-order valence-electron chi connectivity index (χ3n) is 2.05. The highest BCUT2D eigenvalue weighted by Crippen LogP contribution is 2.12. The van der Waals surface area contributed by atoms with Crippen molar-refractivity contribution < 1.29 is 9.53 Å². The Bertz CT molecular complexity index is 144. The second-order valence-electron chi connectivity index (χ2n) is 3.03. The third-order valence-corrected chi connectivity index (χ3v) is 2.05. The Hall–Kier alpha value is -0.570. The van der Waals surface area contributed by atoms with Crippen molar-refractivity contribution >= 4 is 5.91 Å². The van der Waals surface area contributed by atoms with E-state index in [2.05, 4.69) is 6.92 Å². The fourth-order valence-corrected chi connectivity index (χ4v) is 1.32. The molecule has 1 saturated heterocycles. The number of rotatable bonds is 1. The summed E-state index contributed by atoms with van der Waals surface area (Å²) in [7, 11) is 1.82. The number of ether oxygens (including phenoxy) is 1. The van der Waals surface area contributed by atoms with E-state index < -0.39 is 0 Å². The van der Waals surface area contributed by atoms with Gasteiger partial charge in [-0.3, -0.25) is 4.79 Å². The van der Waals surface area contributed by atoms with E-state index in [1.807, 2.05) is 7.05 Å². The maximum Gasteiger partial charge on any atom is 0.251 e. The molecule has 1 amide bonds. The van der Waals surface area contributed by atoms with Crippen LogP contribution < -0.4 is 0 Å². The van der Waals surface area contributed by atoms with Crippen LogP contribution in [-0.2, 0) is 9.53 Å². The number of carbonyl (C=O) groups excluding carboxylic acids is 1. The van der Waals surface area contributed by atoms with E-state index >= 15 is 0 Å². The zero-order chi connectivity index (χ0) is 8.43. The number of hydrogen-bond acceptors (Lipinski definition) is 2. The lowest BCUT2D eigenvalue weighted by molar-refractivity contribution is -0.157. The molecule has 0 N–H and O–H groups in total. The smallest absolute Gasteiger partial charge is 0.251 e. The second kappa shape index (κ2) is 3.22. The van der Waals surface area contributed by atoms with E-state index in [4.69, 9.17) is 4.74 Å². The molecule has 1 fully saturated rings. The summed E-state index contributed by atoms with van der Waals surface area (Å²) >= 11 is 0. The molecule has 0 bridgehead atoms. The van der Waals surface area contributed by atoms with E-state index in [1.54, 1.807) is 11.8 Å². The minimum atomic E-state index is -0.251. The monoisotopic (exact) mass is 157 g/mol. The van der Waals surface area contributed by atoms with Crippen molar-refractivity contribution in [3.05, 3.63) is 0 Å². The summed E-state index contributed by atoms with van der Waals surface area (Å²) in [6.45, 7) is 4.61. The van der Waals surface area contributed by atoms with Crippen LogP contribution >= 0.6 is 0 Å². The molecule has 0 aromatic rings. The summed E-state index contributed by atoms with van der Waals surface area (Å²) in [6.07, 6.45) is 0.952. The highest BCUT2D eigenvalue weighted by Gasteiger charge is 2.28. The Kier molecular flexibility index (Phi) is 2.49. The van der Waals surface area contributed by atoms with Crippen molar-refractivity contribution in [2.24, 2.45) is 0 Å². The van der Waals surface area contributed by atoms with Gasteiger partial charge in [0, 0.05) is 13.6 Å². The summed E-state index contributed by atoms with van der Waals surface area (Å²) in [5, 5.41) is 0. The van der Waals surface area contributed by atoms with Crippen LogP contribution in [0.2, 0.25) is 0 Å². The molecular formula is C8H15NO2. The topological polar surface area (TPSA) is 29.5 Å². The highest BCUT2D eigenvalue weighted by atomic mass is 16.5. The van der Waals surface area contributed by atoms with Gasteiger partial charge < -0.3 is 9.64 Å². The Morgan fingerprint density at radius 1 is 1.73 bits per heavy atom. The lowest BCUT2D eigenvalue weighted by atomic mass is 10.2. The van der Waals surface area contributed by atoms with Crippen LogP contribution in [0.4, 0.5) is 0 Å². The Morgan fingerprint density at radius 3 is 2.82 bits per heavy atom. The van der Waals surface area contributed by atoms with Gasteiger partial charge in [-0.05, 0) is 13.3 Å². The van der Waals surface area contributed by atoms with Crippen molar-refractivity contribution in [2.75, 3.05) is 13.6 Å². The van der Waals surface area contributed by atoms with Gasteiger partial charge in [-0.15, -0.1) is 0 Å². The van der Waals surface area contributed by atoms with Gasteiger partial charge >= 0.3 is 0 Å².